The van der Waals surface area contributed by atoms with E-state index >= 15 is 0 Å². The van der Waals surface area contributed by atoms with E-state index in [0.717, 1.165) is 14.9 Å². The van der Waals surface area contributed by atoms with Gasteiger partial charge in [-0.1, -0.05) is 15.9 Å². The average molecular weight is 438 g/mol. The van der Waals surface area contributed by atoms with Crippen LogP contribution in [0.3, 0.4) is 0 Å². The van der Waals surface area contributed by atoms with Crippen LogP contribution in [0.25, 0.3) is 0 Å². The molecule has 2 heterocycles. The Labute approximate surface area is 164 Å². The standard InChI is InChI=1S/C19H20BrNO4S/c1-4-24-18(23)15-13-9-19(2,3)25-10-14(13)26-17(15)21-16(22)11-5-7-12(20)8-6-11/h5-8H,4,9-10H2,1-3H3,(H,21,22). The summed E-state index contributed by atoms with van der Waals surface area (Å²) in [6.45, 7) is 6.45. The molecule has 0 fully saturated rings. The number of amides is 1. The number of anilines is 1. The fourth-order valence-electron chi connectivity index (χ4n) is 2.84. The summed E-state index contributed by atoms with van der Waals surface area (Å²) in [6, 6.07) is 7.06. The monoisotopic (exact) mass is 437 g/mol. The fraction of sp³-hybridized carbons (Fsp3) is 0.368. The van der Waals surface area contributed by atoms with Crippen molar-refractivity contribution in [3.63, 3.8) is 0 Å². The van der Waals surface area contributed by atoms with Crippen molar-refractivity contribution in [3.05, 3.63) is 50.3 Å². The molecule has 0 aliphatic carbocycles. The summed E-state index contributed by atoms with van der Waals surface area (Å²) >= 11 is 4.73. The third-order valence-corrected chi connectivity index (χ3v) is 5.75. The maximum Gasteiger partial charge on any atom is 0.341 e. The van der Waals surface area contributed by atoms with Gasteiger partial charge in [0.15, 0.2) is 0 Å². The summed E-state index contributed by atoms with van der Waals surface area (Å²) in [5.74, 6) is -0.671. The van der Waals surface area contributed by atoms with Crippen LogP contribution in [0.15, 0.2) is 28.7 Å². The number of rotatable bonds is 4. The normalized spacial score (nSPS) is 15.2. The van der Waals surface area contributed by atoms with E-state index in [1.807, 2.05) is 13.8 Å². The zero-order chi connectivity index (χ0) is 18.9. The third kappa shape index (κ3) is 4.00. The summed E-state index contributed by atoms with van der Waals surface area (Å²) in [5, 5.41) is 3.39. The first-order chi connectivity index (χ1) is 12.3. The Morgan fingerprint density at radius 2 is 2.00 bits per heavy atom. The minimum absolute atomic E-state index is 0.262. The number of hydrogen-bond donors (Lipinski definition) is 1. The number of thiophene rings is 1. The molecule has 7 heteroatoms. The van der Waals surface area contributed by atoms with Crippen molar-refractivity contribution in [2.45, 2.75) is 39.4 Å². The fourth-order valence-corrected chi connectivity index (χ4v) is 4.22. The smallest absolute Gasteiger partial charge is 0.341 e. The van der Waals surface area contributed by atoms with Crippen molar-refractivity contribution < 1.29 is 19.1 Å². The van der Waals surface area contributed by atoms with Gasteiger partial charge in [0.25, 0.3) is 5.91 Å². The maximum atomic E-state index is 12.6. The lowest BCUT2D eigenvalue weighted by molar-refractivity contribution is -0.0384. The van der Waals surface area contributed by atoms with Crippen molar-refractivity contribution in [2.75, 3.05) is 11.9 Å². The second-order valence-corrected chi connectivity index (χ2v) is 8.64. The molecular formula is C19H20BrNO4S. The van der Waals surface area contributed by atoms with Crippen LogP contribution in [0, 0.1) is 0 Å². The molecule has 0 unspecified atom stereocenters. The Balaban J connectivity index is 1.96. The summed E-state index contributed by atoms with van der Waals surface area (Å²) in [6.07, 6.45) is 0.598. The van der Waals surface area contributed by atoms with E-state index in [-0.39, 0.29) is 18.1 Å². The van der Waals surface area contributed by atoms with E-state index < -0.39 is 5.97 Å². The second kappa shape index (κ2) is 7.50. The first kappa shape index (κ1) is 19.1. The molecule has 1 aromatic heterocycles. The SMILES string of the molecule is CCOC(=O)c1c(NC(=O)c2ccc(Br)cc2)sc2c1CC(C)(C)OC2. The third-order valence-electron chi connectivity index (χ3n) is 4.10. The van der Waals surface area contributed by atoms with Gasteiger partial charge in [0.2, 0.25) is 0 Å². The van der Waals surface area contributed by atoms with Crippen LogP contribution in [0.4, 0.5) is 5.00 Å². The molecule has 3 rings (SSSR count). The molecule has 138 valence electrons. The molecule has 0 spiro atoms. The molecule has 1 N–H and O–H groups in total. The van der Waals surface area contributed by atoms with E-state index in [1.54, 1.807) is 31.2 Å². The van der Waals surface area contributed by atoms with Crippen LogP contribution in [-0.2, 0) is 22.5 Å². The van der Waals surface area contributed by atoms with Crippen LogP contribution in [0.1, 0.15) is 51.9 Å². The summed E-state index contributed by atoms with van der Waals surface area (Å²) in [5.41, 5.74) is 1.53. The van der Waals surface area contributed by atoms with Crippen LogP contribution in [0.2, 0.25) is 0 Å². The minimum Gasteiger partial charge on any atom is -0.462 e. The van der Waals surface area contributed by atoms with Gasteiger partial charge in [-0.2, -0.15) is 0 Å². The number of esters is 1. The van der Waals surface area contributed by atoms with Crippen molar-refractivity contribution >= 4 is 44.1 Å². The topological polar surface area (TPSA) is 64.6 Å². The Morgan fingerprint density at radius 1 is 1.31 bits per heavy atom. The Hall–Kier alpha value is -1.70. The minimum atomic E-state index is -0.409. The molecule has 26 heavy (non-hydrogen) atoms. The highest BCUT2D eigenvalue weighted by molar-refractivity contribution is 9.10. The lowest BCUT2D eigenvalue weighted by Gasteiger charge is -2.30. The average Bonchev–Trinajstić information content (AvgIpc) is 2.91. The lowest BCUT2D eigenvalue weighted by atomic mass is 9.93. The number of benzene rings is 1. The van der Waals surface area contributed by atoms with E-state index in [1.165, 1.54) is 11.3 Å². The summed E-state index contributed by atoms with van der Waals surface area (Å²) < 4.78 is 12.0. The second-order valence-electron chi connectivity index (χ2n) is 6.61. The predicted octanol–water partition coefficient (Wildman–Crippen LogP) is 4.79. The zero-order valence-corrected chi connectivity index (χ0v) is 17.3. The molecule has 0 bridgehead atoms. The van der Waals surface area contributed by atoms with Crippen LogP contribution in [0.5, 0.6) is 0 Å². The molecule has 0 saturated heterocycles. The van der Waals surface area contributed by atoms with E-state index in [2.05, 4.69) is 21.2 Å². The van der Waals surface area contributed by atoms with Gasteiger partial charge < -0.3 is 14.8 Å². The van der Waals surface area contributed by atoms with Crippen LogP contribution >= 0.6 is 27.3 Å². The summed E-state index contributed by atoms with van der Waals surface area (Å²) in [7, 11) is 0. The molecule has 0 saturated carbocycles. The highest BCUT2D eigenvalue weighted by Gasteiger charge is 2.34. The largest absolute Gasteiger partial charge is 0.462 e. The number of carbonyl (C=O) groups excluding carboxylic acids is 2. The van der Waals surface area contributed by atoms with Gasteiger partial charge in [-0.3, -0.25) is 4.79 Å². The van der Waals surface area contributed by atoms with Gasteiger partial charge in [0.05, 0.1) is 24.4 Å². The first-order valence-electron chi connectivity index (χ1n) is 8.33. The molecular weight excluding hydrogens is 418 g/mol. The van der Waals surface area contributed by atoms with Crippen molar-refractivity contribution in [3.8, 4) is 0 Å². The van der Waals surface area contributed by atoms with Crippen molar-refractivity contribution in [1.29, 1.82) is 0 Å². The van der Waals surface area contributed by atoms with Gasteiger partial charge in [0, 0.05) is 21.3 Å². The number of carbonyl (C=O) groups is 2. The lowest BCUT2D eigenvalue weighted by Crippen LogP contribution is -2.32. The van der Waals surface area contributed by atoms with Crippen molar-refractivity contribution in [1.82, 2.24) is 0 Å². The molecule has 0 radical (unpaired) electrons. The Kier molecular flexibility index (Phi) is 5.50. The summed E-state index contributed by atoms with van der Waals surface area (Å²) in [4.78, 5) is 26.1. The van der Waals surface area contributed by atoms with Crippen molar-refractivity contribution in [2.24, 2.45) is 0 Å². The highest BCUT2D eigenvalue weighted by atomic mass is 79.9. The van der Waals surface area contributed by atoms with Gasteiger partial charge in [-0.05, 0) is 50.6 Å². The van der Waals surface area contributed by atoms with Gasteiger partial charge >= 0.3 is 5.97 Å². The number of ether oxygens (including phenoxy) is 2. The maximum absolute atomic E-state index is 12.6. The first-order valence-corrected chi connectivity index (χ1v) is 9.94. The molecule has 1 amide bonds. The molecule has 5 nitrogen and oxygen atoms in total. The van der Waals surface area contributed by atoms with E-state index in [9.17, 15) is 9.59 Å². The Morgan fingerprint density at radius 3 is 2.65 bits per heavy atom. The van der Waals surface area contributed by atoms with Crippen LogP contribution in [-0.4, -0.2) is 24.1 Å². The quantitative estimate of drug-likeness (QED) is 0.698. The molecule has 1 aliphatic rings. The molecule has 0 atom stereocenters. The molecule has 1 aromatic carbocycles. The Bertz CT molecular complexity index is 842. The predicted molar refractivity (Wildman–Crippen MR) is 105 cm³/mol. The van der Waals surface area contributed by atoms with Gasteiger partial charge in [0.1, 0.15) is 5.00 Å². The van der Waals surface area contributed by atoms with E-state index in [0.29, 0.717) is 29.2 Å². The molecule has 2 aromatic rings. The van der Waals surface area contributed by atoms with Gasteiger partial charge in [-0.25, -0.2) is 4.79 Å². The molecule has 1 aliphatic heterocycles. The number of fused-ring (bicyclic) bond motifs is 1. The zero-order valence-electron chi connectivity index (χ0n) is 14.8. The van der Waals surface area contributed by atoms with E-state index in [4.69, 9.17) is 9.47 Å². The highest BCUT2D eigenvalue weighted by Crippen LogP contribution is 2.41. The van der Waals surface area contributed by atoms with Crippen LogP contribution < -0.4 is 5.32 Å². The number of halogens is 1. The number of nitrogens with one attached hydrogen (secondary N) is 1. The van der Waals surface area contributed by atoms with Gasteiger partial charge in [-0.15, -0.1) is 11.3 Å². The number of hydrogen-bond acceptors (Lipinski definition) is 5.